The molecule has 2 saturated carbocycles. The van der Waals surface area contributed by atoms with E-state index in [1.165, 1.54) is 22.7 Å². The van der Waals surface area contributed by atoms with Gasteiger partial charge in [-0.2, -0.15) is 9.61 Å². The van der Waals surface area contributed by atoms with Crippen molar-refractivity contribution < 1.29 is 24.2 Å². The molecule has 0 aliphatic heterocycles. The molecule has 214 valence electrons. The first kappa shape index (κ1) is 27.8. The molecule has 40 heavy (non-hydrogen) atoms. The second-order valence-electron chi connectivity index (χ2n) is 11.5. The number of carbonyl (C=O) groups is 2. The van der Waals surface area contributed by atoms with Crippen molar-refractivity contribution in [1.82, 2.24) is 19.2 Å². The highest BCUT2D eigenvalue weighted by Crippen LogP contribution is 2.32. The van der Waals surface area contributed by atoms with Gasteiger partial charge < -0.3 is 24.5 Å². The topological polar surface area (TPSA) is 140 Å². The van der Waals surface area contributed by atoms with Crippen molar-refractivity contribution in [3.8, 4) is 0 Å². The van der Waals surface area contributed by atoms with Crippen LogP contribution in [0.3, 0.4) is 0 Å². The molecule has 3 aromatic heterocycles. The van der Waals surface area contributed by atoms with Crippen LogP contribution in [0.5, 0.6) is 0 Å². The summed E-state index contributed by atoms with van der Waals surface area (Å²) >= 11 is 0. The highest BCUT2D eigenvalue weighted by molar-refractivity contribution is 6.02. The van der Waals surface area contributed by atoms with E-state index >= 15 is 0 Å². The molecule has 0 aromatic carbocycles. The first-order chi connectivity index (χ1) is 19.0. The minimum atomic E-state index is -0.730. The van der Waals surface area contributed by atoms with Gasteiger partial charge in [0.15, 0.2) is 11.4 Å². The van der Waals surface area contributed by atoms with Crippen molar-refractivity contribution in [3.63, 3.8) is 0 Å². The van der Waals surface area contributed by atoms with Crippen LogP contribution in [0.15, 0.2) is 35.4 Å². The number of hydrogen-bond donors (Lipinski definition) is 2. The summed E-state index contributed by atoms with van der Waals surface area (Å²) in [6.07, 6.45) is 6.07. The summed E-state index contributed by atoms with van der Waals surface area (Å²) in [6.45, 7) is 6.16. The molecule has 0 bridgehead atoms. The van der Waals surface area contributed by atoms with Gasteiger partial charge in [0, 0.05) is 32.3 Å². The fraction of sp³-hybridized carbons (Fsp3) is 0.536. The number of hydrogen-bond acceptors (Lipinski definition) is 9. The minimum absolute atomic E-state index is 0.0978. The first-order valence-electron chi connectivity index (χ1n) is 13.6. The van der Waals surface area contributed by atoms with Crippen LogP contribution in [0.2, 0.25) is 0 Å². The number of ketones is 1. The maximum Gasteiger partial charge on any atom is 0.415 e. The Morgan fingerprint density at radius 2 is 2.00 bits per heavy atom. The minimum Gasteiger partial charge on any atom is -0.443 e. The van der Waals surface area contributed by atoms with E-state index in [9.17, 15) is 19.5 Å². The zero-order valence-electron chi connectivity index (χ0n) is 23.3. The van der Waals surface area contributed by atoms with E-state index in [1.807, 2.05) is 0 Å². The number of pyridine rings is 1. The number of carbonyl (C=O) groups excluding carboxylic acids is 2. The lowest BCUT2D eigenvalue weighted by atomic mass is 9.78. The van der Waals surface area contributed by atoms with Crippen molar-refractivity contribution in [2.45, 2.75) is 77.2 Å². The summed E-state index contributed by atoms with van der Waals surface area (Å²) in [7, 11) is 1.54. The molecule has 2 aliphatic rings. The van der Waals surface area contributed by atoms with Crippen LogP contribution in [0.1, 0.15) is 63.2 Å². The second kappa shape index (κ2) is 11.0. The summed E-state index contributed by atoms with van der Waals surface area (Å²) in [5.74, 6) is 0.241. The van der Waals surface area contributed by atoms with Crippen molar-refractivity contribution in [2.75, 3.05) is 23.9 Å². The Balaban J connectivity index is 1.48. The van der Waals surface area contributed by atoms with Gasteiger partial charge in [-0.05, 0) is 64.5 Å². The normalized spacial score (nSPS) is 18.8. The van der Waals surface area contributed by atoms with Gasteiger partial charge in [-0.15, -0.1) is 0 Å². The van der Waals surface area contributed by atoms with E-state index in [4.69, 9.17) is 9.47 Å². The van der Waals surface area contributed by atoms with E-state index in [0.717, 1.165) is 19.3 Å². The predicted octanol–water partition coefficient (Wildman–Crippen LogP) is 3.53. The number of ether oxygens (including phenoxy) is 2. The summed E-state index contributed by atoms with van der Waals surface area (Å²) in [5.41, 5.74) is -0.213. The van der Waals surface area contributed by atoms with Gasteiger partial charge in [0.2, 0.25) is 0 Å². The lowest BCUT2D eigenvalue weighted by Gasteiger charge is -2.31. The van der Waals surface area contributed by atoms with Gasteiger partial charge in [0.1, 0.15) is 22.9 Å². The molecule has 12 heteroatoms. The molecule has 12 nitrogen and oxygen atoms in total. The molecule has 3 aromatic rings. The number of anilines is 3. The van der Waals surface area contributed by atoms with E-state index < -0.39 is 17.8 Å². The number of nitrogens with one attached hydrogen (secondary N) is 1. The molecule has 3 heterocycles. The van der Waals surface area contributed by atoms with Crippen LogP contribution in [0.25, 0.3) is 5.65 Å². The number of aromatic nitrogens is 4. The number of amides is 1. The molecular formula is C28H36N6O6. The lowest BCUT2D eigenvalue weighted by Crippen LogP contribution is -2.35. The zero-order valence-corrected chi connectivity index (χ0v) is 23.3. The fourth-order valence-electron chi connectivity index (χ4n) is 4.51. The molecule has 0 spiro atoms. The summed E-state index contributed by atoms with van der Waals surface area (Å²) in [6, 6.07) is 4.97. The van der Waals surface area contributed by atoms with Crippen LogP contribution in [-0.4, -0.2) is 67.6 Å². The van der Waals surface area contributed by atoms with E-state index in [-0.39, 0.29) is 46.4 Å². The maximum absolute atomic E-state index is 13.2. The predicted molar refractivity (Wildman–Crippen MR) is 148 cm³/mol. The molecule has 1 unspecified atom stereocenters. The first-order valence-corrected chi connectivity index (χ1v) is 13.6. The van der Waals surface area contributed by atoms with Crippen LogP contribution >= 0.6 is 0 Å². The standard InChI is InChI=1S/C28H36N6O6/c1-28(2,3)40-27(38)32(4)24-15-23(30-20-6-5-11-33(26(20)37)12-13-39-18-8-9-18)31-25-19(16-29-34(24)25)22(36)14-17-7-10-21(17)35/h5-6,11,15-18,21,35H,7-10,12-14H2,1-4H3,(H,30,31)/t17?,21-/m1/s1. The molecule has 2 fully saturated rings. The highest BCUT2D eigenvalue weighted by Gasteiger charge is 2.32. The van der Waals surface area contributed by atoms with Gasteiger partial charge in [0.25, 0.3) is 5.56 Å². The Morgan fingerprint density at radius 3 is 2.65 bits per heavy atom. The summed E-state index contributed by atoms with van der Waals surface area (Å²) in [4.78, 5) is 45.2. The van der Waals surface area contributed by atoms with Gasteiger partial charge in [0.05, 0.1) is 30.6 Å². The van der Waals surface area contributed by atoms with Crippen molar-refractivity contribution >= 4 is 34.8 Å². The van der Waals surface area contributed by atoms with Gasteiger partial charge in [-0.3, -0.25) is 14.5 Å². The average Bonchev–Trinajstić information content (AvgIpc) is 3.62. The number of nitrogens with zero attached hydrogens (tertiary/aromatic N) is 5. The van der Waals surface area contributed by atoms with Gasteiger partial charge in [-0.1, -0.05) is 0 Å². The molecule has 2 aliphatic carbocycles. The Hall–Kier alpha value is -3.77. The average molecular weight is 553 g/mol. The van der Waals surface area contributed by atoms with Crippen LogP contribution in [0, 0.1) is 5.92 Å². The quantitative estimate of drug-likeness (QED) is 0.361. The van der Waals surface area contributed by atoms with E-state index in [1.54, 1.807) is 49.7 Å². The van der Waals surface area contributed by atoms with E-state index in [0.29, 0.717) is 31.5 Å². The number of aliphatic hydroxyl groups excluding tert-OH is 1. The fourth-order valence-corrected chi connectivity index (χ4v) is 4.51. The molecule has 0 radical (unpaired) electrons. The van der Waals surface area contributed by atoms with E-state index in [2.05, 4.69) is 15.4 Å². The van der Waals surface area contributed by atoms with Crippen LogP contribution < -0.4 is 15.8 Å². The number of Topliss-reactive ketones (excluding diaryl/α,β-unsaturated/α-hetero) is 1. The monoisotopic (exact) mass is 552 g/mol. The van der Waals surface area contributed by atoms with Crippen LogP contribution in [-0.2, 0) is 16.0 Å². The van der Waals surface area contributed by atoms with Gasteiger partial charge >= 0.3 is 6.09 Å². The second-order valence-corrected chi connectivity index (χ2v) is 11.5. The van der Waals surface area contributed by atoms with Crippen molar-refractivity contribution in [2.24, 2.45) is 5.92 Å². The van der Waals surface area contributed by atoms with Crippen molar-refractivity contribution in [3.05, 3.63) is 46.5 Å². The third-order valence-corrected chi connectivity index (χ3v) is 7.08. The third kappa shape index (κ3) is 6.18. The SMILES string of the molecule is CN(C(=O)OC(C)(C)C)c1cc(Nc2cccn(CCOC3CC3)c2=O)nc2c(C(=O)CC3CC[C@H]3O)cnn12. The third-order valence-electron chi connectivity index (χ3n) is 7.08. The maximum atomic E-state index is 13.2. The Kier molecular flexibility index (Phi) is 7.65. The number of fused-ring (bicyclic) bond motifs is 1. The summed E-state index contributed by atoms with van der Waals surface area (Å²) < 4.78 is 14.2. The van der Waals surface area contributed by atoms with Crippen LogP contribution in [0.4, 0.5) is 22.1 Å². The highest BCUT2D eigenvalue weighted by atomic mass is 16.6. The molecule has 2 N–H and O–H groups in total. The Labute approximate surface area is 231 Å². The Bertz CT molecular complexity index is 1470. The molecule has 1 amide bonds. The molecule has 0 saturated heterocycles. The molecule has 2 atom stereocenters. The molecular weight excluding hydrogens is 516 g/mol. The lowest BCUT2D eigenvalue weighted by molar-refractivity contribution is 0.0199. The van der Waals surface area contributed by atoms with Crippen molar-refractivity contribution in [1.29, 1.82) is 0 Å². The Morgan fingerprint density at radius 1 is 1.23 bits per heavy atom. The van der Waals surface area contributed by atoms with Gasteiger partial charge in [-0.25, -0.2) is 9.78 Å². The zero-order chi connectivity index (χ0) is 28.6. The number of rotatable bonds is 10. The molecule has 5 rings (SSSR count). The summed E-state index contributed by atoms with van der Waals surface area (Å²) in [5, 5.41) is 17.4. The largest absolute Gasteiger partial charge is 0.443 e. The number of aliphatic hydroxyl groups is 1. The smallest absolute Gasteiger partial charge is 0.415 e.